The number of fused-ring (bicyclic) bond motifs is 1. The maximum absolute atomic E-state index is 12.9. The summed E-state index contributed by atoms with van der Waals surface area (Å²) in [6.45, 7) is 6.32. The predicted octanol–water partition coefficient (Wildman–Crippen LogP) is 6.80. The van der Waals surface area contributed by atoms with Crippen LogP contribution in [-0.4, -0.2) is 18.9 Å². The summed E-state index contributed by atoms with van der Waals surface area (Å²) in [6, 6.07) is 23.6. The summed E-state index contributed by atoms with van der Waals surface area (Å²) in [7, 11) is 0. The molecule has 0 N–H and O–H groups in total. The number of ketones is 1. The van der Waals surface area contributed by atoms with Crippen molar-refractivity contribution in [1.29, 1.82) is 0 Å². The van der Waals surface area contributed by atoms with Gasteiger partial charge in [0.2, 0.25) is 0 Å². The highest BCUT2D eigenvalue weighted by Crippen LogP contribution is 2.52. The van der Waals surface area contributed by atoms with Gasteiger partial charge in [0.15, 0.2) is 5.78 Å². The summed E-state index contributed by atoms with van der Waals surface area (Å²) in [5, 5.41) is 0. The van der Waals surface area contributed by atoms with Crippen LogP contribution in [0, 0.1) is 0 Å². The topological polar surface area (TPSA) is 20.3 Å². The maximum atomic E-state index is 12.9. The van der Waals surface area contributed by atoms with Crippen LogP contribution < -0.4 is 4.90 Å². The molecule has 0 aromatic heterocycles. The number of carbonyl (C=O) groups is 1. The van der Waals surface area contributed by atoms with Crippen LogP contribution in [0.15, 0.2) is 72.8 Å². The second-order valence-corrected chi connectivity index (χ2v) is 8.62. The van der Waals surface area contributed by atoms with Crippen LogP contribution in [0.5, 0.6) is 0 Å². The van der Waals surface area contributed by atoms with E-state index in [0.717, 1.165) is 24.2 Å². The lowest BCUT2D eigenvalue weighted by atomic mass is 9.63. The van der Waals surface area contributed by atoms with Crippen molar-refractivity contribution in [2.45, 2.75) is 38.5 Å². The molecule has 3 aliphatic rings. The molecule has 0 spiro atoms. The van der Waals surface area contributed by atoms with E-state index in [9.17, 15) is 4.79 Å². The van der Waals surface area contributed by atoms with Crippen LogP contribution in [0.1, 0.15) is 76.7 Å². The average molecular weight is 408 g/mol. The van der Waals surface area contributed by atoms with E-state index in [0.29, 0.717) is 11.8 Å². The third kappa shape index (κ3) is 3.50. The Morgan fingerprint density at radius 1 is 0.839 bits per heavy atom. The summed E-state index contributed by atoms with van der Waals surface area (Å²) >= 11 is 0. The molecule has 156 valence electrons. The molecule has 3 aromatic rings. The number of benzene rings is 3. The lowest BCUT2D eigenvalue weighted by molar-refractivity contribution is 0.104. The van der Waals surface area contributed by atoms with Gasteiger partial charge in [0.1, 0.15) is 0 Å². The summed E-state index contributed by atoms with van der Waals surface area (Å²) < 4.78 is 0. The average Bonchev–Trinajstić information content (AvgIpc) is 2.84. The molecule has 0 radical (unpaired) electrons. The predicted molar refractivity (Wildman–Crippen MR) is 129 cm³/mol. The first kappa shape index (κ1) is 19.8. The van der Waals surface area contributed by atoms with Crippen LogP contribution in [0.3, 0.4) is 0 Å². The maximum Gasteiger partial charge on any atom is 0.185 e. The number of rotatable bonds is 6. The first-order valence-electron chi connectivity index (χ1n) is 11.5. The fourth-order valence-corrected chi connectivity index (χ4v) is 5.44. The van der Waals surface area contributed by atoms with E-state index < -0.39 is 0 Å². The van der Waals surface area contributed by atoms with Gasteiger partial charge in [0.05, 0.1) is 0 Å². The van der Waals surface area contributed by atoms with E-state index >= 15 is 0 Å². The van der Waals surface area contributed by atoms with Crippen LogP contribution in [0.2, 0.25) is 0 Å². The largest absolute Gasteiger partial charge is 0.372 e. The van der Waals surface area contributed by atoms with Gasteiger partial charge in [-0.1, -0.05) is 54.6 Å². The van der Waals surface area contributed by atoms with E-state index in [1.54, 1.807) is 6.08 Å². The number of allylic oxidation sites excluding steroid dienone is 1. The zero-order valence-electron chi connectivity index (χ0n) is 18.3. The third-order valence-corrected chi connectivity index (χ3v) is 7.06. The van der Waals surface area contributed by atoms with Gasteiger partial charge in [-0.3, -0.25) is 4.79 Å². The molecule has 2 nitrogen and oxygen atoms in total. The molecule has 31 heavy (non-hydrogen) atoms. The van der Waals surface area contributed by atoms with Crippen molar-refractivity contribution in [3.05, 3.63) is 106 Å². The molecule has 0 amide bonds. The molecule has 0 heterocycles. The minimum Gasteiger partial charge on any atom is -0.372 e. The van der Waals surface area contributed by atoms with E-state index in [2.05, 4.69) is 79.4 Å². The molecule has 2 atom stereocenters. The molecule has 0 saturated heterocycles. The van der Waals surface area contributed by atoms with E-state index in [1.807, 2.05) is 12.1 Å². The highest BCUT2D eigenvalue weighted by atomic mass is 16.1. The Bertz CT molecular complexity index is 1140. The quantitative estimate of drug-likeness (QED) is 0.331. The first-order chi connectivity index (χ1) is 15.2. The molecule has 2 bridgehead atoms. The highest BCUT2D eigenvalue weighted by Gasteiger charge is 2.37. The normalized spacial score (nSPS) is 18.6. The fourth-order valence-electron chi connectivity index (χ4n) is 5.44. The molecule has 0 aliphatic heterocycles. The van der Waals surface area contributed by atoms with Gasteiger partial charge in [-0.2, -0.15) is 0 Å². The number of hydrogen-bond acceptors (Lipinski definition) is 2. The molecule has 2 heteroatoms. The minimum absolute atomic E-state index is 0.0744. The van der Waals surface area contributed by atoms with Gasteiger partial charge in [-0.15, -0.1) is 0 Å². The Kier molecular flexibility index (Phi) is 5.23. The molecule has 0 saturated carbocycles. The van der Waals surface area contributed by atoms with Gasteiger partial charge < -0.3 is 4.90 Å². The van der Waals surface area contributed by atoms with Gasteiger partial charge in [-0.05, 0) is 78.8 Å². The van der Waals surface area contributed by atoms with Crippen LogP contribution in [-0.2, 0) is 0 Å². The second-order valence-electron chi connectivity index (χ2n) is 8.62. The van der Waals surface area contributed by atoms with Crippen molar-refractivity contribution in [2.24, 2.45) is 0 Å². The van der Waals surface area contributed by atoms with Gasteiger partial charge in [-0.25, -0.2) is 0 Å². The van der Waals surface area contributed by atoms with E-state index in [1.165, 1.54) is 40.8 Å². The number of nitrogens with zero attached hydrogens (tertiary/aromatic N) is 1. The number of anilines is 1. The van der Waals surface area contributed by atoms with Crippen molar-refractivity contribution < 1.29 is 4.79 Å². The number of hydrogen-bond donors (Lipinski definition) is 0. The molecule has 2 unspecified atom stereocenters. The Labute approximate surface area is 185 Å². The standard InChI is InChI=1S/C29H29NO/c1-3-30(4-2)22-13-9-20(10-14-22)11-18-29(31)21-12-15-26-25-16-17-27(28(26)19-21)24-8-6-5-7-23(24)25/h5-15,18-19,25,27H,3-4,16-17H2,1-2H3. The minimum atomic E-state index is 0.0744. The fraction of sp³-hybridized carbons (Fsp3) is 0.276. The zero-order chi connectivity index (χ0) is 21.4. The van der Waals surface area contributed by atoms with Crippen LogP contribution in [0.25, 0.3) is 6.08 Å². The van der Waals surface area contributed by atoms with Gasteiger partial charge in [0.25, 0.3) is 0 Å². The second kappa shape index (κ2) is 8.19. The Balaban J connectivity index is 1.37. The SMILES string of the molecule is CCN(CC)c1ccc(C=CC(=O)c2ccc3c(c2)C2CCC3c3ccccc32)cc1. The van der Waals surface area contributed by atoms with Crippen molar-refractivity contribution in [1.82, 2.24) is 0 Å². The van der Waals surface area contributed by atoms with Crippen molar-refractivity contribution in [3.63, 3.8) is 0 Å². The summed E-state index contributed by atoms with van der Waals surface area (Å²) in [5.41, 5.74) is 8.78. The number of carbonyl (C=O) groups excluding carboxylic acids is 1. The first-order valence-corrected chi connectivity index (χ1v) is 11.5. The van der Waals surface area contributed by atoms with Gasteiger partial charge >= 0.3 is 0 Å². The molecular weight excluding hydrogens is 378 g/mol. The van der Waals surface area contributed by atoms with E-state index in [4.69, 9.17) is 0 Å². The lowest BCUT2D eigenvalue weighted by Crippen LogP contribution is -2.25. The Morgan fingerprint density at radius 2 is 1.45 bits per heavy atom. The van der Waals surface area contributed by atoms with Crippen LogP contribution in [0.4, 0.5) is 5.69 Å². The Morgan fingerprint density at radius 3 is 2.10 bits per heavy atom. The molecule has 3 aliphatic carbocycles. The van der Waals surface area contributed by atoms with Gasteiger partial charge in [0, 0.05) is 36.2 Å². The zero-order valence-corrected chi connectivity index (χ0v) is 18.3. The van der Waals surface area contributed by atoms with Crippen molar-refractivity contribution >= 4 is 17.5 Å². The Hall–Kier alpha value is -3.13. The highest BCUT2D eigenvalue weighted by molar-refractivity contribution is 6.07. The van der Waals surface area contributed by atoms with Crippen molar-refractivity contribution in [3.8, 4) is 0 Å². The third-order valence-electron chi connectivity index (χ3n) is 7.06. The molecule has 0 fully saturated rings. The molecule has 6 rings (SSSR count). The molecular formula is C29H29NO. The smallest absolute Gasteiger partial charge is 0.185 e. The summed E-state index contributed by atoms with van der Waals surface area (Å²) in [5.74, 6) is 0.992. The summed E-state index contributed by atoms with van der Waals surface area (Å²) in [6.07, 6.45) is 6.03. The van der Waals surface area contributed by atoms with Crippen LogP contribution >= 0.6 is 0 Å². The van der Waals surface area contributed by atoms with Crippen molar-refractivity contribution in [2.75, 3.05) is 18.0 Å². The lowest BCUT2D eigenvalue weighted by Gasteiger charge is -2.40. The molecule has 3 aromatic carbocycles. The summed E-state index contributed by atoms with van der Waals surface area (Å²) in [4.78, 5) is 15.2. The monoisotopic (exact) mass is 407 g/mol. The van der Waals surface area contributed by atoms with E-state index in [-0.39, 0.29) is 5.78 Å².